The van der Waals surface area contributed by atoms with Crippen molar-refractivity contribution in [1.82, 2.24) is 10.2 Å². The lowest BCUT2D eigenvalue weighted by molar-refractivity contribution is 0.132. The van der Waals surface area contributed by atoms with E-state index < -0.39 is 6.10 Å². The molecule has 3 heteroatoms. The molecule has 1 aromatic carbocycles. The highest BCUT2D eigenvalue weighted by Crippen LogP contribution is 2.34. The zero-order valence-corrected chi connectivity index (χ0v) is 11.8. The fourth-order valence-electron chi connectivity index (χ4n) is 3.25. The molecule has 1 aliphatic rings. The molecule has 3 rings (SSSR count). The van der Waals surface area contributed by atoms with E-state index in [1.807, 2.05) is 30.3 Å². The summed E-state index contributed by atoms with van der Waals surface area (Å²) < 4.78 is 0. The van der Waals surface area contributed by atoms with Gasteiger partial charge in [0.2, 0.25) is 0 Å². The van der Waals surface area contributed by atoms with Gasteiger partial charge in [-0.3, -0.25) is 5.10 Å². The lowest BCUT2D eigenvalue weighted by Crippen LogP contribution is -2.11. The van der Waals surface area contributed by atoms with Gasteiger partial charge in [0.15, 0.2) is 0 Å². The van der Waals surface area contributed by atoms with Crippen LogP contribution < -0.4 is 0 Å². The molecular formula is C17H22N2O. The summed E-state index contributed by atoms with van der Waals surface area (Å²) >= 11 is 0. The van der Waals surface area contributed by atoms with E-state index in [0.29, 0.717) is 5.92 Å². The van der Waals surface area contributed by atoms with Crippen molar-refractivity contribution >= 4 is 0 Å². The number of rotatable bonds is 4. The van der Waals surface area contributed by atoms with E-state index in [9.17, 15) is 5.11 Å². The highest BCUT2D eigenvalue weighted by atomic mass is 16.3. The Hall–Kier alpha value is -1.61. The Morgan fingerprint density at radius 3 is 2.65 bits per heavy atom. The van der Waals surface area contributed by atoms with Crippen molar-refractivity contribution in [3.8, 4) is 11.3 Å². The van der Waals surface area contributed by atoms with Crippen molar-refractivity contribution < 1.29 is 5.11 Å². The number of hydrogen-bond acceptors (Lipinski definition) is 2. The second-order valence-electron chi connectivity index (χ2n) is 5.82. The van der Waals surface area contributed by atoms with E-state index in [2.05, 4.69) is 10.2 Å². The number of H-pyrrole nitrogens is 1. The molecule has 106 valence electrons. The zero-order chi connectivity index (χ0) is 13.8. The van der Waals surface area contributed by atoms with Gasteiger partial charge >= 0.3 is 0 Å². The molecule has 1 aromatic heterocycles. The van der Waals surface area contributed by atoms with Crippen LogP contribution in [0.3, 0.4) is 0 Å². The Balaban J connectivity index is 1.75. The van der Waals surface area contributed by atoms with E-state index in [-0.39, 0.29) is 0 Å². The molecule has 2 aromatic rings. The van der Waals surface area contributed by atoms with Crippen LogP contribution in [-0.2, 0) is 0 Å². The molecule has 1 aliphatic carbocycles. The predicted molar refractivity (Wildman–Crippen MR) is 80.2 cm³/mol. The molecule has 2 N–H and O–H groups in total. The van der Waals surface area contributed by atoms with Crippen molar-refractivity contribution in [3.63, 3.8) is 0 Å². The molecule has 0 radical (unpaired) electrons. The first kappa shape index (κ1) is 13.4. The van der Waals surface area contributed by atoms with E-state index in [4.69, 9.17) is 0 Å². The van der Waals surface area contributed by atoms with Gasteiger partial charge < -0.3 is 5.11 Å². The average molecular weight is 270 g/mol. The number of aromatic nitrogens is 2. The zero-order valence-electron chi connectivity index (χ0n) is 11.8. The number of hydrogen-bond donors (Lipinski definition) is 2. The van der Waals surface area contributed by atoms with Gasteiger partial charge in [0, 0.05) is 5.56 Å². The van der Waals surface area contributed by atoms with Crippen LogP contribution in [0.25, 0.3) is 11.3 Å². The lowest BCUT2D eigenvalue weighted by atomic mass is 9.84. The molecule has 0 aliphatic heterocycles. The minimum atomic E-state index is -0.410. The van der Waals surface area contributed by atoms with Crippen LogP contribution >= 0.6 is 0 Å². The van der Waals surface area contributed by atoms with Gasteiger partial charge in [0.25, 0.3) is 0 Å². The molecular weight excluding hydrogens is 248 g/mol. The van der Waals surface area contributed by atoms with Gasteiger partial charge in [0.05, 0.1) is 18.0 Å². The normalized spacial score (nSPS) is 18.1. The number of nitrogens with one attached hydrogen (secondary N) is 1. The Bertz CT molecular complexity index is 529. The first-order chi connectivity index (χ1) is 9.84. The highest BCUT2D eigenvalue weighted by molar-refractivity contribution is 5.62. The average Bonchev–Trinajstić information content (AvgIpc) is 2.99. The Kier molecular flexibility index (Phi) is 4.16. The second kappa shape index (κ2) is 6.23. The van der Waals surface area contributed by atoms with Gasteiger partial charge in [-0.15, -0.1) is 0 Å². The van der Waals surface area contributed by atoms with E-state index in [1.165, 1.54) is 32.1 Å². The van der Waals surface area contributed by atoms with Crippen LogP contribution in [0.2, 0.25) is 0 Å². The quantitative estimate of drug-likeness (QED) is 0.879. The van der Waals surface area contributed by atoms with Crippen molar-refractivity contribution in [2.24, 2.45) is 5.92 Å². The fraction of sp³-hybridized carbons (Fsp3) is 0.471. The SMILES string of the molecule is OC(CC1CCCCC1)c1cn[nH]c1-c1ccccc1. The Morgan fingerprint density at radius 1 is 1.15 bits per heavy atom. The molecule has 3 nitrogen and oxygen atoms in total. The smallest absolute Gasteiger partial charge is 0.0829 e. The minimum Gasteiger partial charge on any atom is -0.388 e. The fourth-order valence-corrected chi connectivity index (χ4v) is 3.25. The summed E-state index contributed by atoms with van der Waals surface area (Å²) in [7, 11) is 0. The van der Waals surface area contributed by atoms with Crippen molar-refractivity contribution in [2.45, 2.75) is 44.6 Å². The van der Waals surface area contributed by atoms with Crippen LogP contribution in [0.4, 0.5) is 0 Å². The van der Waals surface area contributed by atoms with E-state index >= 15 is 0 Å². The van der Waals surface area contributed by atoms with Gasteiger partial charge in [-0.1, -0.05) is 62.4 Å². The first-order valence-corrected chi connectivity index (χ1v) is 7.61. The summed E-state index contributed by atoms with van der Waals surface area (Å²) in [6, 6.07) is 10.1. The monoisotopic (exact) mass is 270 g/mol. The standard InChI is InChI=1S/C17H22N2O/c20-16(11-13-7-3-1-4-8-13)15-12-18-19-17(15)14-9-5-2-6-10-14/h2,5-6,9-10,12-13,16,20H,1,3-4,7-8,11H2,(H,18,19). The molecule has 1 atom stereocenters. The summed E-state index contributed by atoms with van der Waals surface area (Å²) in [5, 5.41) is 17.7. The molecule has 1 saturated carbocycles. The maximum Gasteiger partial charge on any atom is 0.0829 e. The van der Waals surface area contributed by atoms with Gasteiger partial charge in [-0.2, -0.15) is 5.10 Å². The maximum absolute atomic E-state index is 10.5. The summed E-state index contributed by atoms with van der Waals surface area (Å²) in [5.41, 5.74) is 2.97. The molecule has 1 heterocycles. The lowest BCUT2D eigenvalue weighted by Gasteiger charge is -2.24. The van der Waals surface area contributed by atoms with Gasteiger partial charge in [-0.25, -0.2) is 0 Å². The van der Waals surface area contributed by atoms with Crippen LogP contribution in [0.5, 0.6) is 0 Å². The van der Waals surface area contributed by atoms with Crippen molar-refractivity contribution in [1.29, 1.82) is 0 Å². The third kappa shape index (κ3) is 2.93. The van der Waals surface area contributed by atoms with Crippen LogP contribution in [0.1, 0.15) is 50.2 Å². The Morgan fingerprint density at radius 2 is 1.90 bits per heavy atom. The number of aliphatic hydroxyl groups is 1. The van der Waals surface area contributed by atoms with Gasteiger partial charge in [0.1, 0.15) is 0 Å². The molecule has 1 unspecified atom stereocenters. The van der Waals surface area contributed by atoms with Crippen molar-refractivity contribution in [3.05, 3.63) is 42.1 Å². The summed E-state index contributed by atoms with van der Waals surface area (Å²) in [4.78, 5) is 0. The molecule has 1 fully saturated rings. The minimum absolute atomic E-state index is 0.410. The molecule has 0 bridgehead atoms. The maximum atomic E-state index is 10.5. The molecule has 20 heavy (non-hydrogen) atoms. The molecule has 0 amide bonds. The summed E-state index contributed by atoms with van der Waals surface area (Å²) in [6.07, 6.45) is 8.73. The second-order valence-corrected chi connectivity index (χ2v) is 5.82. The van der Waals surface area contributed by atoms with Crippen LogP contribution in [0, 0.1) is 5.92 Å². The number of aliphatic hydroxyl groups excluding tert-OH is 1. The van der Waals surface area contributed by atoms with Crippen LogP contribution in [0.15, 0.2) is 36.5 Å². The first-order valence-electron chi connectivity index (χ1n) is 7.61. The Labute approximate surface area is 120 Å². The number of nitrogens with zero attached hydrogens (tertiary/aromatic N) is 1. The van der Waals surface area contributed by atoms with E-state index in [0.717, 1.165) is 23.2 Å². The topological polar surface area (TPSA) is 48.9 Å². The predicted octanol–water partition coefficient (Wildman–Crippen LogP) is 4.08. The number of aromatic amines is 1. The van der Waals surface area contributed by atoms with Crippen LogP contribution in [-0.4, -0.2) is 15.3 Å². The highest BCUT2D eigenvalue weighted by Gasteiger charge is 2.21. The van der Waals surface area contributed by atoms with Crippen molar-refractivity contribution in [2.75, 3.05) is 0 Å². The molecule has 0 spiro atoms. The largest absolute Gasteiger partial charge is 0.388 e. The molecule has 0 saturated heterocycles. The third-order valence-corrected chi connectivity index (χ3v) is 4.37. The number of benzene rings is 1. The summed E-state index contributed by atoms with van der Waals surface area (Å²) in [6.45, 7) is 0. The van der Waals surface area contributed by atoms with E-state index in [1.54, 1.807) is 6.20 Å². The summed E-state index contributed by atoms with van der Waals surface area (Å²) in [5.74, 6) is 0.664. The third-order valence-electron chi connectivity index (χ3n) is 4.37. The van der Waals surface area contributed by atoms with Gasteiger partial charge in [-0.05, 0) is 17.9 Å².